The Morgan fingerprint density at radius 1 is 0.921 bits per heavy atom. The van der Waals surface area contributed by atoms with Crippen LogP contribution < -0.4 is 11.2 Å². The van der Waals surface area contributed by atoms with Gasteiger partial charge in [0.1, 0.15) is 5.52 Å². The standard InChI is InChI=1S/C28H33N5O4S/c1-3-14-33-25-19-24(29-26(25)27(34)30(2)28(33)35)22-10-12-23(13-11-22)38(36,37)32-16-7-15-31(17-18-32)20-21-8-5-4-6-9-21/h4-6,8-13,19,29H,3,7,14-18,20H2,1-2H3. The monoisotopic (exact) mass is 535 g/mol. The number of rotatable bonds is 7. The predicted molar refractivity (Wildman–Crippen MR) is 149 cm³/mol. The summed E-state index contributed by atoms with van der Waals surface area (Å²) in [7, 11) is -2.17. The molecule has 2 aromatic heterocycles. The molecule has 0 aliphatic carbocycles. The highest BCUT2D eigenvalue weighted by Crippen LogP contribution is 2.25. The second-order valence-corrected chi connectivity index (χ2v) is 11.7. The normalized spacial score (nSPS) is 15.6. The number of aromatic nitrogens is 3. The minimum atomic E-state index is -3.64. The van der Waals surface area contributed by atoms with E-state index in [1.807, 2.05) is 25.1 Å². The molecule has 5 rings (SSSR count). The van der Waals surface area contributed by atoms with Crippen molar-refractivity contribution in [2.24, 2.45) is 7.05 Å². The number of sulfonamides is 1. The molecule has 200 valence electrons. The lowest BCUT2D eigenvalue weighted by Gasteiger charge is -2.22. The highest BCUT2D eigenvalue weighted by atomic mass is 32.2. The average Bonchev–Trinajstić information content (AvgIpc) is 3.23. The van der Waals surface area contributed by atoms with Crippen molar-refractivity contribution in [1.29, 1.82) is 0 Å². The van der Waals surface area contributed by atoms with Crippen LogP contribution in [0.2, 0.25) is 0 Å². The Labute approximate surface area is 222 Å². The lowest BCUT2D eigenvalue weighted by molar-refractivity contribution is 0.278. The van der Waals surface area contributed by atoms with E-state index < -0.39 is 10.0 Å². The molecule has 0 atom stereocenters. The number of nitrogens with one attached hydrogen (secondary N) is 1. The Morgan fingerprint density at radius 2 is 1.66 bits per heavy atom. The molecule has 3 heterocycles. The molecule has 0 bridgehead atoms. The fraction of sp³-hybridized carbons (Fsp3) is 0.357. The van der Waals surface area contributed by atoms with Gasteiger partial charge < -0.3 is 4.98 Å². The van der Waals surface area contributed by atoms with Gasteiger partial charge in [0.15, 0.2) is 0 Å². The lowest BCUT2D eigenvalue weighted by atomic mass is 10.1. The summed E-state index contributed by atoms with van der Waals surface area (Å²) in [5.74, 6) is 0. The van der Waals surface area contributed by atoms with Gasteiger partial charge in [0.2, 0.25) is 10.0 Å². The molecule has 9 nitrogen and oxygen atoms in total. The molecule has 1 aliphatic heterocycles. The van der Waals surface area contributed by atoms with Crippen LogP contribution in [0.3, 0.4) is 0 Å². The molecular weight excluding hydrogens is 502 g/mol. The maximum Gasteiger partial charge on any atom is 0.331 e. The summed E-state index contributed by atoms with van der Waals surface area (Å²) in [6.45, 7) is 5.73. The van der Waals surface area contributed by atoms with Crippen molar-refractivity contribution >= 4 is 21.1 Å². The summed E-state index contributed by atoms with van der Waals surface area (Å²) in [6, 6.07) is 18.7. The van der Waals surface area contributed by atoms with Crippen LogP contribution in [0.25, 0.3) is 22.3 Å². The average molecular weight is 536 g/mol. The number of nitrogens with zero attached hydrogens (tertiary/aromatic N) is 4. The van der Waals surface area contributed by atoms with Crippen LogP contribution in [-0.2, 0) is 30.2 Å². The van der Waals surface area contributed by atoms with E-state index in [-0.39, 0.29) is 16.1 Å². The SMILES string of the molecule is CCCn1c(=O)n(C)c(=O)c2[nH]c(-c3ccc(S(=O)(=O)N4CCCN(Cc5ccccc5)CC4)cc3)cc21. The van der Waals surface area contributed by atoms with Crippen LogP contribution in [0.15, 0.2) is 75.1 Å². The van der Waals surface area contributed by atoms with Crippen molar-refractivity contribution in [3.05, 3.63) is 87.1 Å². The molecular formula is C28H33N5O4S. The van der Waals surface area contributed by atoms with Gasteiger partial charge in [-0.05, 0) is 48.7 Å². The molecule has 0 amide bonds. The largest absolute Gasteiger partial charge is 0.349 e. The topological polar surface area (TPSA) is 100 Å². The smallest absolute Gasteiger partial charge is 0.331 e. The number of hydrogen-bond acceptors (Lipinski definition) is 5. The van der Waals surface area contributed by atoms with Gasteiger partial charge in [-0.1, -0.05) is 49.4 Å². The van der Waals surface area contributed by atoms with E-state index >= 15 is 0 Å². The fourth-order valence-electron chi connectivity index (χ4n) is 5.10. The van der Waals surface area contributed by atoms with Gasteiger partial charge in [0.05, 0.1) is 10.4 Å². The van der Waals surface area contributed by atoms with E-state index in [1.165, 1.54) is 12.6 Å². The first-order chi connectivity index (χ1) is 18.3. The van der Waals surface area contributed by atoms with Gasteiger partial charge in [-0.3, -0.25) is 18.8 Å². The first-order valence-electron chi connectivity index (χ1n) is 13.0. The van der Waals surface area contributed by atoms with Crippen molar-refractivity contribution in [3.63, 3.8) is 0 Å². The summed E-state index contributed by atoms with van der Waals surface area (Å²) in [6.07, 6.45) is 1.52. The maximum atomic E-state index is 13.4. The molecule has 0 radical (unpaired) electrons. The van der Waals surface area contributed by atoms with Crippen LogP contribution in [-0.4, -0.2) is 57.9 Å². The number of aryl methyl sites for hydroxylation is 1. The fourth-order valence-corrected chi connectivity index (χ4v) is 6.57. The van der Waals surface area contributed by atoms with E-state index in [1.54, 1.807) is 39.2 Å². The second kappa shape index (κ2) is 10.7. The summed E-state index contributed by atoms with van der Waals surface area (Å²) in [5, 5.41) is 0. The molecule has 1 saturated heterocycles. The number of hydrogen-bond donors (Lipinski definition) is 1. The third-order valence-corrected chi connectivity index (χ3v) is 9.08. The van der Waals surface area contributed by atoms with Crippen LogP contribution in [0.5, 0.6) is 0 Å². The molecule has 0 saturated carbocycles. The van der Waals surface area contributed by atoms with Gasteiger partial charge in [0, 0.05) is 45.5 Å². The van der Waals surface area contributed by atoms with Crippen LogP contribution in [0.1, 0.15) is 25.3 Å². The van der Waals surface area contributed by atoms with Crippen molar-refractivity contribution in [3.8, 4) is 11.3 Å². The number of aromatic amines is 1. The summed E-state index contributed by atoms with van der Waals surface area (Å²) in [4.78, 5) is 31.0. The zero-order valence-electron chi connectivity index (χ0n) is 21.8. The molecule has 4 aromatic rings. The number of fused-ring (bicyclic) bond motifs is 1. The molecule has 1 aliphatic rings. The highest BCUT2D eigenvalue weighted by molar-refractivity contribution is 7.89. The van der Waals surface area contributed by atoms with E-state index in [0.29, 0.717) is 42.9 Å². The second-order valence-electron chi connectivity index (χ2n) is 9.79. The zero-order chi connectivity index (χ0) is 26.9. The summed E-state index contributed by atoms with van der Waals surface area (Å²) in [5.41, 5.74) is 2.79. The van der Waals surface area contributed by atoms with Gasteiger partial charge in [-0.2, -0.15) is 4.31 Å². The number of H-pyrrole nitrogens is 1. The van der Waals surface area contributed by atoms with E-state index in [0.717, 1.165) is 36.1 Å². The molecule has 0 spiro atoms. The third-order valence-electron chi connectivity index (χ3n) is 7.17. The predicted octanol–water partition coefficient (Wildman–Crippen LogP) is 3.00. The molecule has 38 heavy (non-hydrogen) atoms. The van der Waals surface area contributed by atoms with Crippen molar-refractivity contribution in [1.82, 2.24) is 23.3 Å². The van der Waals surface area contributed by atoms with Crippen LogP contribution >= 0.6 is 0 Å². The van der Waals surface area contributed by atoms with Gasteiger partial charge >= 0.3 is 5.69 Å². The molecule has 10 heteroatoms. The third kappa shape index (κ3) is 4.99. The van der Waals surface area contributed by atoms with E-state index in [4.69, 9.17) is 0 Å². The Bertz CT molecular complexity index is 1650. The van der Waals surface area contributed by atoms with Crippen LogP contribution in [0, 0.1) is 0 Å². The van der Waals surface area contributed by atoms with Crippen molar-refractivity contribution in [2.45, 2.75) is 37.8 Å². The van der Waals surface area contributed by atoms with Crippen LogP contribution in [0.4, 0.5) is 0 Å². The first kappa shape index (κ1) is 26.1. The molecule has 1 fully saturated rings. The van der Waals surface area contributed by atoms with Crippen molar-refractivity contribution in [2.75, 3.05) is 26.2 Å². The minimum absolute atomic E-state index is 0.243. The maximum absolute atomic E-state index is 13.4. The zero-order valence-corrected chi connectivity index (χ0v) is 22.6. The molecule has 0 unspecified atom stereocenters. The Balaban J connectivity index is 1.36. The van der Waals surface area contributed by atoms with Crippen molar-refractivity contribution < 1.29 is 8.42 Å². The van der Waals surface area contributed by atoms with Gasteiger partial charge in [-0.15, -0.1) is 0 Å². The summed E-state index contributed by atoms with van der Waals surface area (Å²) < 4.78 is 31.2. The number of benzene rings is 2. The van der Waals surface area contributed by atoms with E-state index in [9.17, 15) is 18.0 Å². The van der Waals surface area contributed by atoms with Gasteiger partial charge in [0.25, 0.3) is 5.56 Å². The van der Waals surface area contributed by atoms with Gasteiger partial charge in [-0.25, -0.2) is 13.2 Å². The lowest BCUT2D eigenvalue weighted by Crippen LogP contribution is -2.38. The Morgan fingerprint density at radius 3 is 2.37 bits per heavy atom. The molecule has 2 aromatic carbocycles. The Hall–Kier alpha value is -3.47. The van der Waals surface area contributed by atoms with E-state index in [2.05, 4.69) is 22.0 Å². The Kier molecular flexibility index (Phi) is 7.38. The minimum Gasteiger partial charge on any atom is -0.349 e. The first-order valence-corrected chi connectivity index (χ1v) is 14.4. The summed E-state index contributed by atoms with van der Waals surface area (Å²) >= 11 is 0. The molecule has 1 N–H and O–H groups in total. The quantitative estimate of drug-likeness (QED) is 0.392. The highest BCUT2D eigenvalue weighted by Gasteiger charge is 2.27.